The third kappa shape index (κ3) is 6.90. The molecular weight excluding hydrogens is 316 g/mol. The van der Waals surface area contributed by atoms with Gasteiger partial charge in [0.25, 0.3) is 0 Å². The minimum atomic E-state index is -3.64. The van der Waals surface area contributed by atoms with Crippen LogP contribution in [0.4, 0.5) is 0 Å². The van der Waals surface area contributed by atoms with Crippen molar-refractivity contribution in [2.24, 2.45) is 0 Å². The van der Waals surface area contributed by atoms with Crippen molar-refractivity contribution in [3.05, 3.63) is 29.3 Å². The first kappa shape index (κ1) is 17.9. The molecule has 0 saturated carbocycles. The molecule has 1 aromatic carbocycles. The number of ether oxygens (including phenoxy) is 1. The highest BCUT2D eigenvalue weighted by atomic mass is 35.5. The Bertz CT molecular complexity index is 546. The van der Waals surface area contributed by atoms with Crippen molar-refractivity contribution in [1.29, 1.82) is 0 Å². The molecule has 0 heterocycles. The summed E-state index contributed by atoms with van der Waals surface area (Å²) in [5.74, 6) is -1.11. The second kappa shape index (κ2) is 8.99. The van der Waals surface area contributed by atoms with Crippen LogP contribution in [0.5, 0.6) is 0 Å². The quantitative estimate of drug-likeness (QED) is 0.641. The van der Waals surface area contributed by atoms with Crippen molar-refractivity contribution >= 4 is 27.3 Å². The molecule has 0 radical (unpaired) electrons. The highest BCUT2D eigenvalue weighted by Crippen LogP contribution is 2.15. The summed E-state index contributed by atoms with van der Waals surface area (Å²) in [6, 6.07) is 5.73. The topological polar surface area (TPSA) is 84.5 Å². The van der Waals surface area contributed by atoms with Crippen LogP contribution in [0.2, 0.25) is 5.02 Å². The fourth-order valence-electron chi connectivity index (χ4n) is 1.54. The number of hydrogen-bond acceptors (Lipinski definition) is 5. The smallest absolute Gasteiger partial charge is 0.235 e. The predicted molar refractivity (Wildman–Crippen MR) is 81.3 cm³/mol. The molecule has 1 rings (SSSR count). The molecule has 6 nitrogen and oxygen atoms in total. The van der Waals surface area contributed by atoms with Crippen LogP contribution in [0.1, 0.15) is 0 Å². The molecule has 0 aliphatic heterocycles. The molecule has 2 N–H and O–H groups in total. The molecule has 8 heteroatoms. The third-order valence-electron chi connectivity index (χ3n) is 2.60. The molecule has 0 atom stereocenters. The lowest BCUT2D eigenvalue weighted by molar-refractivity contribution is -0.118. The van der Waals surface area contributed by atoms with Gasteiger partial charge in [-0.05, 0) is 24.3 Å². The van der Waals surface area contributed by atoms with E-state index in [0.717, 1.165) is 0 Å². The number of carbonyl (C=O) groups is 1. The van der Waals surface area contributed by atoms with Gasteiger partial charge in [0.2, 0.25) is 5.91 Å². The Balaban J connectivity index is 2.38. The molecule has 0 aliphatic rings. The van der Waals surface area contributed by atoms with Gasteiger partial charge in [-0.1, -0.05) is 11.6 Å². The van der Waals surface area contributed by atoms with Crippen LogP contribution >= 0.6 is 11.6 Å². The Hall–Kier alpha value is -1.15. The zero-order chi connectivity index (χ0) is 15.7. The molecule has 0 bridgehead atoms. The number of amides is 1. The minimum Gasteiger partial charge on any atom is -0.383 e. The van der Waals surface area contributed by atoms with Gasteiger partial charge in [0.1, 0.15) is 5.75 Å². The number of benzene rings is 1. The lowest BCUT2D eigenvalue weighted by atomic mass is 10.4. The normalized spacial score (nSPS) is 11.3. The number of hydrogen-bond donors (Lipinski definition) is 2. The monoisotopic (exact) mass is 334 g/mol. The average molecular weight is 335 g/mol. The van der Waals surface area contributed by atoms with Gasteiger partial charge in [-0.3, -0.25) is 4.79 Å². The Kier molecular flexibility index (Phi) is 7.66. The molecule has 0 aliphatic carbocycles. The van der Waals surface area contributed by atoms with Gasteiger partial charge in [0.15, 0.2) is 9.84 Å². The number of halogens is 1. The number of sulfone groups is 1. The van der Waals surface area contributed by atoms with Crippen LogP contribution in [-0.2, 0) is 19.4 Å². The Morgan fingerprint density at radius 3 is 2.48 bits per heavy atom. The maximum absolute atomic E-state index is 12.0. The number of methoxy groups -OCH3 is 1. The lowest BCUT2D eigenvalue weighted by Crippen LogP contribution is -2.36. The predicted octanol–water partition coefficient (Wildman–Crippen LogP) is 0.466. The molecule has 1 aromatic rings. The van der Waals surface area contributed by atoms with Gasteiger partial charge in [-0.2, -0.15) is 0 Å². The van der Waals surface area contributed by atoms with Crippen molar-refractivity contribution in [1.82, 2.24) is 10.6 Å². The average Bonchev–Trinajstić information content (AvgIpc) is 2.42. The van der Waals surface area contributed by atoms with Crippen LogP contribution in [0.3, 0.4) is 0 Å². The van der Waals surface area contributed by atoms with Gasteiger partial charge in [0, 0.05) is 31.8 Å². The van der Waals surface area contributed by atoms with Crippen molar-refractivity contribution in [2.75, 3.05) is 39.1 Å². The molecule has 0 spiro atoms. The van der Waals surface area contributed by atoms with Crippen LogP contribution in [-0.4, -0.2) is 53.4 Å². The highest BCUT2D eigenvalue weighted by Gasteiger charge is 2.18. The van der Waals surface area contributed by atoms with E-state index in [1.807, 2.05) is 0 Å². The van der Waals surface area contributed by atoms with E-state index in [1.165, 1.54) is 24.3 Å². The van der Waals surface area contributed by atoms with E-state index >= 15 is 0 Å². The second-order valence-corrected chi connectivity index (χ2v) is 6.73. The summed E-state index contributed by atoms with van der Waals surface area (Å²) in [5, 5.41) is 6.03. The summed E-state index contributed by atoms with van der Waals surface area (Å²) in [7, 11) is -2.04. The Morgan fingerprint density at radius 1 is 1.19 bits per heavy atom. The fourth-order valence-corrected chi connectivity index (χ4v) is 2.83. The van der Waals surface area contributed by atoms with Crippen LogP contribution in [0, 0.1) is 0 Å². The number of rotatable bonds is 9. The van der Waals surface area contributed by atoms with E-state index in [1.54, 1.807) is 7.11 Å². The van der Waals surface area contributed by atoms with Crippen molar-refractivity contribution in [3.63, 3.8) is 0 Å². The zero-order valence-electron chi connectivity index (χ0n) is 11.8. The van der Waals surface area contributed by atoms with E-state index in [4.69, 9.17) is 16.3 Å². The lowest BCUT2D eigenvalue weighted by Gasteiger charge is -2.07. The highest BCUT2D eigenvalue weighted by molar-refractivity contribution is 7.92. The first-order valence-electron chi connectivity index (χ1n) is 6.40. The molecule has 21 heavy (non-hydrogen) atoms. The van der Waals surface area contributed by atoms with Gasteiger partial charge in [0.05, 0.1) is 11.5 Å². The van der Waals surface area contributed by atoms with Crippen LogP contribution in [0.25, 0.3) is 0 Å². The van der Waals surface area contributed by atoms with E-state index in [9.17, 15) is 13.2 Å². The first-order chi connectivity index (χ1) is 9.95. The van der Waals surface area contributed by atoms with Crippen LogP contribution in [0.15, 0.2) is 29.2 Å². The van der Waals surface area contributed by atoms with Crippen LogP contribution < -0.4 is 10.6 Å². The van der Waals surface area contributed by atoms with Crippen molar-refractivity contribution in [3.8, 4) is 0 Å². The molecule has 0 fully saturated rings. The van der Waals surface area contributed by atoms with E-state index in [0.29, 0.717) is 31.3 Å². The summed E-state index contributed by atoms with van der Waals surface area (Å²) < 4.78 is 28.8. The molecule has 0 saturated heterocycles. The third-order valence-corrected chi connectivity index (χ3v) is 4.49. The van der Waals surface area contributed by atoms with E-state index in [-0.39, 0.29) is 4.90 Å². The second-order valence-electron chi connectivity index (χ2n) is 4.31. The molecular formula is C13H19ClN2O4S. The molecule has 0 aromatic heterocycles. The van der Waals surface area contributed by atoms with Gasteiger partial charge < -0.3 is 15.4 Å². The minimum absolute atomic E-state index is 0.0836. The summed E-state index contributed by atoms with van der Waals surface area (Å²) >= 11 is 5.70. The van der Waals surface area contributed by atoms with Crippen molar-refractivity contribution in [2.45, 2.75) is 4.90 Å². The maximum atomic E-state index is 12.0. The molecule has 1 amide bonds. The molecule has 118 valence electrons. The Labute approximate surface area is 129 Å². The maximum Gasteiger partial charge on any atom is 0.235 e. The summed E-state index contributed by atoms with van der Waals surface area (Å²) in [6.45, 7) is 2.17. The fraction of sp³-hybridized carbons (Fsp3) is 0.462. The summed E-state index contributed by atoms with van der Waals surface area (Å²) in [5.41, 5.74) is 0. The van der Waals surface area contributed by atoms with Gasteiger partial charge in [-0.25, -0.2) is 8.42 Å². The number of nitrogens with one attached hydrogen (secondary N) is 2. The summed E-state index contributed by atoms with van der Waals surface area (Å²) in [4.78, 5) is 11.7. The first-order valence-corrected chi connectivity index (χ1v) is 8.43. The standard InChI is InChI=1S/C13H19ClN2O4S/c1-20-9-8-15-6-7-16-13(17)10-21(18,19)12-4-2-11(14)3-5-12/h2-5,15H,6-10H2,1H3,(H,16,17). The van der Waals surface area contributed by atoms with E-state index < -0.39 is 21.5 Å². The molecule has 0 unspecified atom stereocenters. The SMILES string of the molecule is COCCNCCNC(=O)CS(=O)(=O)c1ccc(Cl)cc1. The van der Waals surface area contributed by atoms with E-state index in [2.05, 4.69) is 10.6 Å². The van der Waals surface area contributed by atoms with Crippen molar-refractivity contribution < 1.29 is 17.9 Å². The Morgan fingerprint density at radius 2 is 1.86 bits per heavy atom. The zero-order valence-corrected chi connectivity index (χ0v) is 13.3. The number of carbonyl (C=O) groups excluding carboxylic acids is 1. The largest absolute Gasteiger partial charge is 0.383 e. The van der Waals surface area contributed by atoms with Gasteiger partial charge in [-0.15, -0.1) is 0 Å². The van der Waals surface area contributed by atoms with Gasteiger partial charge >= 0.3 is 0 Å². The summed E-state index contributed by atoms with van der Waals surface area (Å²) in [6.07, 6.45) is 0.